The van der Waals surface area contributed by atoms with Crippen molar-refractivity contribution in [3.8, 4) is 0 Å². The molecule has 0 bridgehead atoms. The van der Waals surface area contributed by atoms with Gasteiger partial charge in [-0.25, -0.2) is 8.78 Å². The highest BCUT2D eigenvalue weighted by Gasteiger charge is 1.94. The van der Waals surface area contributed by atoms with Crippen LogP contribution in [0.1, 0.15) is 6.42 Å². The molecule has 0 spiro atoms. The molecule has 0 aromatic heterocycles. The van der Waals surface area contributed by atoms with Gasteiger partial charge in [0.1, 0.15) is 0 Å². The van der Waals surface area contributed by atoms with Crippen molar-refractivity contribution in [2.45, 2.75) is 12.8 Å². The Morgan fingerprint density at radius 2 is 2.12 bits per heavy atom. The molecule has 0 aromatic rings. The van der Waals surface area contributed by atoms with Crippen LogP contribution in [0, 0.1) is 0 Å². The van der Waals surface area contributed by atoms with Crippen LogP contribution in [0.3, 0.4) is 0 Å². The van der Waals surface area contributed by atoms with E-state index >= 15 is 0 Å². The predicted octanol–water partition coefficient (Wildman–Crippen LogP) is 2.38. The van der Waals surface area contributed by atoms with Gasteiger partial charge in [-0.2, -0.15) is 0 Å². The number of alkyl halides is 2. The van der Waals surface area contributed by atoms with E-state index in [-0.39, 0.29) is 6.42 Å². The average Bonchev–Trinajstić information content (AvgIpc) is 1.66. The average molecular weight is 118 g/mol. The van der Waals surface area contributed by atoms with Crippen LogP contribution in [0.4, 0.5) is 8.78 Å². The van der Waals surface area contributed by atoms with Gasteiger partial charge in [0.2, 0.25) is 6.43 Å². The van der Waals surface area contributed by atoms with Gasteiger partial charge in [0.25, 0.3) is 0 Å². The van der Waals surface area contributed by atoms with Crippen molar-refractivity contribution in [1.82, 2.24) is 0 Å². The lowest BCUT2D eigenvalue weighted by atomic mass is 10.4. The zero-order valence-corrected chi connectivity index (χ0v) is 4.48. The third-order valence-electron chi connectivity index (χ3n) is 0.586. The first-order valence-electron chi connectivity index (χ1n) is 2.33. The van der Waals surface area contributed by atoms with Gasteiger partial charge in [0.15, 0.2) is 0 Å². The molecule has 0 unspecified atom stereocenters. The lowest BCUT2D eigenvalue weighted by Gasteiger charge is -1.86. The summed E-state index contributed by atoms with van der Waals surface area (Å²) in [7, 11) is 0. The third-order valence-corrected chi connectivity index (χ3v) is 0.586. The first-order chi connectivity index (χ1) is 3.77. The topological polar surface area (TPSA) is 0 Å². The number of hydrogen-bond donors (Lipinski definition) is 0. The van der Waals surface area contributed by atoms with Gasteiger partial charge in [-0.15, -0.1) is 0 Å². The fraction of sp³-hybridized carbons (Fsp3) is 0.333. The maximum Gasteiger partial charge on any atom is 0.242 e. The lowest BCUT2D eigenvalue weighted by Crippen LogP contribution is -1.83. The van der Waals surface area contributed by atoms with Gasteiger partial charge in [0, 0.05) is 6.42 Å². The van der Waals surface area contributed by atoms with Gasteiger partial charge in [-0.1, -0.05) is 24.8 Å². The van der Waals surface area contributed by atoms with E-state index in [4.69, 9.17) is 0 Å². The summed E-state index contributed by atoms with van der Waals surface area (Å²) in [4.78, 5) is 0. The maximum atomic E-state index is 11.3. The molecular formula is C6H8F2. The molecule has 0 heterocycles. The van der Waals surface area contributed by atoms with Crippen molar-refractivity contribution in [2.75, 3.05) is 0 Å². The summed E-state index contributed by atoms with van der Waals surface area (Å²) in [6, 6.07) is 0. The molecule has 0 amide bonds. The Labute approximate surface area is 47.5 Å². The molecular weight excluding hydrogens is 110 g/mol. The predicted molar refractivity (Wildman–Crippen MR) is 30.0 cm³/mol. The quantitative estimate of drug-likeness (QED) is 0.499. The van der Waals surface area contributed by atoms with E-state index in [0.717, 1.165) is 0 Å². The van der Waals surface area contributed by atoms with Crippen molar-refractivity contribution in [2.24, 2.45) is 0 Å². The lowest BCUT2D eigenvalue weighted by molar-refractivity contribution is 0.152. The molecule has 0 fully saturated rings. The Balaban J connectivity index is 3.15. The summed E-state index contributed by atoms with van der Waals surface area (Å²) in [6.07, 6.45) is 1.96. The molecule has 0 rings (SSSR count). The molecule has 0 aliphatic heterocycles. The Hall–Kier alpha value is -0.660. The molecule has 0 aliphatic carbocycles. The Kier molecular flexibility index (Phi) is 4.13. The SMILES string of the molecule is C=C/C=C\CC(F)F. The van der Waals surface area contributed by atoms with E-state index in [1.807, 2.05) is 0 Å². The highest BCUT2D eigenvalue weighted by Crippen LogP contribution is 1.98. The summed E-state index contributed by atoms with van der Waals surface area (Å²) >= 11 is 0. The van der Waals surface area contributed by atoms with Gasteiger partial charge in [-0.05, 0) is 0 Å². The summed E-state index contributed by atoms with van der Waals surface area (Å²) in [5, 5.41) is 0. The van der Waals surface area contributed by atoms with Crippen LogP contribution in [-0.4, -0.2) is 6.43 Å². The van der Waals surface area contributed by atoms with E-state index in [2.05, 4.69) is 6.58 Å². The van der Waals surface area contributed by atoms with Crippen molar-refractivity contribution in [3.05, 3.63) is 24.8 Å². The highest BCUT2D eigenvalue weighted by molar-refractivity contribution is 4.97. The van der Waals surface area contributed by atoms with Crippen LogP contribution >= 0.6 is 0 Å². The van der Waals surface area contributed by atoms with Crippen LogP contribution in [0.15, 0.2) is 24.8 Å². The molecule has 46 valence electrons. The number of allylic oxidation sites excluding steroid dienone is 3. The van der Waals surface area contributed by atoms with Crippen molar-refractivity contribution in [1.29, 1.82) is 0 Å². The summed E-state index contributed by atoms with van der Waals surface area (Å²) in [6.45, 7) is 3.33. The van der Waals surface area contributed by atoms with Crippen LogP contribution in [-0.2, 0) is 0 Å². The molecule has 0 saturated carbocycles. The molecule has 0 saturated heterocycles. The largest absolute Gasteiger partial charge is 0.242 e. The zero-order chi connectivity index (χ0) is 6.41. The second-order valence-electron chi connectivity index (χ2n) is 1.29. The minimum atomic E-state index is -2.23. The van der Waals surface area contributed by atoms with E-state index in [9.17, 15) is 8.78 Å². The molecule has 0 radical (unpaired) electrons. The Morgan fingerprint density at radius 3 is 2.50 bits per heavy atom. The first kappa shape index (κ1) is 7.34. The summed E-state index contributed by atoms with van der Waals surface area (Å²) in [5.41, 5.74) is 0. The van der Waals surface area contributed by atoms with Crippen molar-refractivity contribution < 1.29 is 8.78 Å². The standard InChI is InChI=1S/C6H8F2/c1-2-3-4-5-6(7)8/h2-4,6H,1,5H2/b4-3-. The number of rotatable bonds is 3. The second kappa shape index (κ2) is 4.50. The van der Waals surface area contributed by atoms with Gasteiger partial charge >= 0.3 is 0 Å². The fourth-order valence-electron chi connectivity index (χ4n) is 0.278. The van der Waals surface area contributed by atoms with Gasteiger partial charge < -0.3 is 0 Å². The fourth-order valence-corrected chi connectivity index (χ4v) is 0.278. The number of halogens is 2. The molecule has 0 N–H and O–H groups in total. The van der Waals surface area contributed by atoms with E-state index in [0.29, 0.717) is 0 Å². The minimum Gasteiger partial charge on any atom is -0.210 e. The zero-order valence-electron chi connectivity index (χ0n) is 4.48. The molecule has 0 nitrogen and oxygen atoms in total. The summed E-state index contributed by atoms with van der Waals surface area (Å²) in [5.74, 6) is 0. The van der Waals surface area contributed by atoms with E-state index in [1.54, 1.807) is 0 Å². The van der Waals surface area contributed by atoms with Crippen molar-refractivity contribution >= 4 is 0 Å². The first-order valence-corrected chi connectivity index (χ1v) is 2.33. The van der Waals surface area contributed by atoms with E-state index < -0.39 is 6.43 Å². The normalized spacial score (nSPS) is 10.9. The second-order valence-corrected chi connectivity index (χ2v) is 1.29. The maximum absolute atomic E-state index is 11.3. The minimum absolute atomic E-state index is 0.175. The van der Waals surface area contributed by atoms with Gasteiger partial charge in [0.05, 0.1) is 0 Å². The molecule has 0 aliphatic rings. The Morgan fingerprint density at radius 1 is 1.50 bits per heavy atom. The highest BCUT2D eigenvalue weighted by atomic mass is 19.3. The third kappa shape index (κ3) is 5.34. The Bertz CT molecular complexity index is 84.5. The van der Waals surface area contributed by atoms with Crippen molar-refractivity contribution in [3.63, 3.8) is 0 Å². The summed E-state index contributed by atoms with van der Waals surface area (Å²) < 4.78 is 22.5. The van der Waals surface area contributed by atoms with Crippen LogP contribution < -0.4 is 0 Å². The molecule has 8 heavy (non-hydrogen) atoms. The molecule has 0 atom stereocenters. The smallest absolute Gasteiger partial charge is 0.210 e. The number of hydrogen-bond acceptors (Lipinski definition) is 0. The molecule has 0 aromatic carbocycles. The van der Waals surface area contributed by atoms with Crippen LogP contribution in [0.25, 0.3) is 0 Å². The van der Waals surface area contributed by atoms with Crippen LogP contribution in [0.5, 0.6) is 0 Å². The van der Waals surface area contributed by atoms with Crippen LogP contribution in [0.2, 0.25) is 0 Å². The van der Waals surface area contributed by atoms with Gasteiger partial charge in [-0.3, -0.25) is 0 Å². The van der Waals surface area contributed by atoms with E-state index in [1.165, 1.54) is 18.2 Å². The molecule has 2 heteroatoms. The monoisotopic (exact) mass is 118 g/mol.